The third kappa shape index (κ3) is 4.61. The fraction of sp³-hybridized carbons (Fsp3) is 0.429. The van der Waals surface area contributed by atoms with E-state index in [2.05, 4.69) is 22.0 Å². The van der Waals surface area contributed by atoms with Gasteiger partial charge in [0, 0.05) is 29.5 Å². The van der Waals surface area contributed by atoms with Crippen LogP contribution in [0.5, 0.6) is 0 Å². The summed E-state index contributed by atoms with van der Waals surface area (Å²) in [5.41, 5.74) is 4.05. The first-order valence-corrected chi connectivity index (χ1v) is 9.28. The second-order valence-electron chi connectivity index (χ2n) is 7.43. The van der Waals surface area contributed by atoms with Gasteiger partial charge in [0.05, 0.1) is 7.05 Å². The Hall–Kier alpha value is -2.40. The van der Waals surface area contributed by atoms with Crippen molar-refractivity contribution in [3.8, 4) is 0 Å². The third-order valence-corrected chi connectivity index (χ3v) is 4.92. The predicted molar refractivity (Wildman–Crippen MR) is 102 cm³/mol. The van der Waals surface area contributed by atoms with Crippen molar-refractivity contribution in [2.75, 3.05) is 20.1 Å². The van der Waals surface area contributed by atoms with E-state index in [1.807, 2.05) is 45.2 Å². The largest absolute Gasteiger partial charge is 0.348 e. The highest BCUT2D eigenvalue weighted by Crippen LogP contribution is 2.18. The maximum atomic E-state index is 12.7. The van der Waals surface area contributed by atoms with Crippen LogP contribution in [0.25, 0.3) is 0 Å². The molecule has 0 bridgehead atoms. The van der Waals surface area contributed by atoms with Gasteiger partial charge in [0.25, 0.3) is 5.91 Å². The van der Waals surface area contributed by atoms with Gasteiger partial charge in [-0.15, -0.1) is 0 Å². The number of rotatable bonds is 8. The molecule has 0 spiro atoms. The molecule has 1 saturated carbocycles. The van der Waals surface area contributed by atoms with E-state index in [1.165, 1.54) is 5.56 Å². The number of quaternary nitrogens is 1. The number of amides is 1. The summed E-state index contributed by atoms with van der Waals surface area (Å²) in [7, 11) is 1.90. The zero-order valence-corrected chi connectivity index (χ0v) is 15.8. The molecule has 1 atom stereocenters. The molecule has 0 aliphatic heterocycles. The van der Waals surface area contributed by atoms with Crippen LogP contribution in [0.4, 0.5) is 0 Å². The predicted octanol–water partition coefficient (Wildman–Crippen LogP) is 1.13. The molecule has 1 amide bonds. The molecule has 0 saturated heterocycles. The number of carbonyl (C=O) groups is 2. The van der Waals surface area contributed by atoms with Gasteiger partial charge in [0.15, 0.2) is 6.54 Å². The van der Waals surface area contributed by atoms with E-state index in [0.717, 1.165) is 41.2 Å². The van der Waals surface area contributed by atoms with E-state index < -0.39 is 0 Å². The number of benzene rings is 1. The van der Waals surface area contributed by atoms with Crippen LogP contribution in [0.15, 0.2) is 36.4 Å². The molecule has 1 aliphatic rings. The number of nitrogens with one attached hydrogen (secondary N) is 2. The van der Waals surface area contributed by atoms with Crippen LogP contribution in [0, 0.1) is 13.8 Å². The molecule has 1 aliphatic carbocycles. The van der Waals surface area contributed by atoms with Gasteiger partial charge in [-0.3, -0.25) is 9.59 Å². The van der Waals surface area contributed by atoms with Crippen LogP contribution in [-0.2, 0) is 11.3 Å². The molecule has 1 fully saturated rings. The second-order valence-corrected chi connectivity index (χ2v) is 7.43. The number of nitrogens with zero attached hydrogens (tertiary/aromatic N) is 1. The van der Waals surface area contributed by atoms with Crippen LogP contribution in [0.1, 0.15) is 40.2 Å². The molecule has 5 nitrogen and oxygen atoms in total. The summed E-state index contributed by atoms with van der Waals surface area (Å²) >= 11 is 0. The van der Waals surface area contributed by atoms with Gasteiger partial charge < -0.3 is 14.8 Å². The van der Waals surface area contributed by atoms with Crippen molar-refractivity contribution in [3.63, 3.8) is 0 Å². The molecular formula is C21H28N3O2+. The van der Waals surface area contributed by atoms with Crippen molar-refractivity contribution in [2.24, 2.45) is 0 Å². The van der Waals surface area contributed by atoms with Crippen molar-refractivity contribution in [1.29, 1.82) is 0 Å². The van der Waals surface area contributed by atoms with Crippen molar-refractivity contribution in [3.05, 3.63) is 58.9 Å². The van der Waals surface area contributed by atoms with E-state index in [1.54, 1.807) is 0 Å². The molecule has 2 N–H and O–H groups in total. The van der Waals surface area contributed by atoms with Gasteiger partial charge in [0.1, 0.15) is 6.54 Å². The summed E-state index contributed by atoms with van der Waals surface area (Å²) in [6.07, 6.45) is 2.16. The lowest BCUT2D eigenvalue weighted by atomic mass is 10.1. The first kappa shape index (κ1) is 18.4. The summed E-state index contributed by atoms with van der Waals surface area (Å²) in [5.74, 6) is 0.126. The van der Waals surface area contributed by atoms with Gasteiger partial charge in [-0.25, -0.2) is 0 Å². The van der Waals surface area contributed by atoms with Gasteiger partial charge in [-0.1, -0.05) is 30.3 Å². The number of Topliss-reactive ketones (excluding diaryl/α,β-unsaturated/α-hetero) is 1. The summed E-state index contributed by atoms with van der Waals surface area (Å²) in [6.45, 7) is 5.46. The number of likely N-dealkylation sites (N-methyl/N-ethyl adjacent to an activating group) is 1. The second kappa shape index (κ2) is 7.87. The molecule has 26 heavy (non-hydrogen) atoms. The average Bonchev–Trinajstić information content (AvgIpc) is 3.36. The monoisotopic (exact) mass is 354 g/mol. The maximum absolute atomic E-state index is 12.7. The Morgan fingerprint density at radius 1 is 1.15 bits per heavy atom. The van der Waals surface area contributed by atoms with E-state index in [0.29, 0.717) is 19.1 Å². The minimum absolute atomic E-state index is 0.0346. The topological polar surface area (TPSA) is 55.5 Å². The molecule has 1 unspecified atom stereocenters. The highest BCUT2D eigenvalue weighted by molar-refractivity contribution is 5.98. The Bertz CT molecular complexity index is 791. The number of ketones is 1. The van der Waals surface area contributed by atoms with E-state index in [4.69, 9.17) is 0 Å². The summed E-state index contributed by atoms with van der Waals surface area (Å²) < 4.78 is 2.18. The van der Waals surface area contributed by atoms with E-state index in [-0.39, 0.29) is 11.7 Å². The van der Waals surface area contributed by atoms with Gasteiger partial charge >= 0.3 is 0 Å². The van der Waals surface area contributed by atoms with Crippen LogP contribution >= 0.6 is 0 Å². The van der Waals surface area contributed by atoms with Crippen molar-refractivity contribution < 1.29 is 14.5 Å². The number of carbonyl (C=O) groups excluding carboxylic acids is 2. The Kier molecular flexibility index (Phi) is 5.57. The number of hydrogen-bond donors (Lipinski definition) is 2. The first-order chi connectivity index (χ1) is 12.4. The first-order valence-electron chi connectivity index (χ1n) is 9.28. The lowest BCUT2D eigenvalue weighted by Gasteiger charge is -2.13. The number of aromatic nitrogens is 1. The number of hydrogen-bond acceptors (Lipinski definition) is 2. The average molecular weight is 354 g/mol. The molecule has 1 aromatic carbocycles. The highest BCUT2D eigenvalue weighted by atomic mass is 16.2. The molecule has 3 rings (SSSR count). The Labute approximate surface area is 155 Å². The van der Waals surface area contributed by atoms with E-state index >= 15 is 0 Å². The highest BCUT2D eigenvalue weighted by Gasteiger charge is 2.25. The Morgan fingerprint density at radius 3 is 2.50 bits per heavy atom. The maximum Gasteiger partial charge on any atom is 0.275 e. The molecule has 2 aromatic rings. The zero-order valence-electron chi connectivity index (χ0n) is 15.8. The number of aryl methyl sites for hydroxylation is 1. The summed E-state index contributed by atoms with van der Waals surface area (Å²) in [4.78, 5) is 25.6. The molecule has 5 heteroatoms. The van der Waals surface area contributed by atoms with Crippen LogP contribution in [-0.4, -0.2) is 42.4 Å². The van der Waals surface area contributed by atoms with Crippen LogP contribution in [0.3, 0.4) is 0 Å². The fourth-order valence-electron chi connectivity index (χ4n) is 3.30. The molecule has 1 heterocycles. The van der Waals surface area contributed by atoms with Crippen molar-refractivity contribution in [1.82, 2.24) is 9.88 Å². The van der Waals surface area contributed by atoms with Crippen LogP contribution in [0.2, 0.25) is 0 Å². The smallest absolute Gasteiger partial charge is 0.275 e. The van der Waals surface area contributed by atoms with Crippen molar-refractivity contribution >= 4 is 11.7 Å². The quantitative estimate of drug-likeness (QED) is 0.698. The molecular weight excluding hydrogens is 326 g/mol. The minimum atomic E-state index is 0.0346. The third-order valence-electron chi connectivity index (χ3n) is 4.92. The summed E-state index contributed by atoms with van der Waals surface area (Å²) in [6, 6.07) is 12.6. The summed E-state index contributed by atoms with van der Waals surface area (Å²) in [5, 5.41) is 2.97. The minimum Gasteiger partial charge on any atom is -0.348 e. The lowest BCUT2D eigenvalue weighted by Crippen LogP contribution is -3.11. The molecule has 138 valence electrons. The van der Waals surface area contributed by atoms with Crippen molar-refractivity contribution in [2.45, 2.75) is 39.3 Å². The fourth-order valence-corrected chi connectivity index (χ4v) is 3.30. The molecule has 0 radical (unpaired) electrons. The Balaban J connectivity index is 1.63. The molecule has 1 aromatic heterocycles. The van der Waals surface area contributed by atoms with Gasteiger partial charge in [-0.05, 0) is 38.3 Å². The van der Waals surface area contributed by atoms with Crippen LogP contribution < -0.4 is 10.2 Å². The van der Waals surface area contributed by atoms with E-state index in [9.17, 15) is 9.59 Å². The SMILES string of the molecule is Cc1cc(C(=O)C[NH+](C)CC(=O)NC2CC2)c(C)n1Cc1ccccc1. The standard InChI is InChI=1S/C21H27N3O2/c1-15-11-19(16(2)24(15)12-17-7-5-4-6-8-17)20(25)13-23(3)14-21(26)22-18-9-10-18/h4-8,11,18H,9-10,12-14H2,1-3H3,(H,22,26)/p+1. The van der Waals surface area contributed by atoms with Gasteiger partial charge in [-0.2, -0.15) is 0 Å². The lowest BCUT2D eigenvalue weighted by molar-refractivity contribution is -0.862. The normalized spacial score (nSPS) is 14.9. The van der Waals surface area contributed by atoms with Gasteiger partial charge in [0.2, 0.25) is 5.78 Å². The zero-order chi connectivity index (χ0) is 18.7. The Morgan fingerprint density at radius 2 is 1.85 bits per heavy atom.